The first-order chi connectivity index (χ1) is 7.32. The lowest BCUT2D eigenvalue weighted by atomic mass is 9.90. The van der Waals surface area contributed by atoms with Gasteiger partial charge < -0.3 is 4.90 Å². The van der Waals surface area contributed by atoms with Crippen molar-refractivity contribution in [1.82, 2.24) is 4.90 Å². The van der Waals surface area contributed by atoms with Crippen LogP contribution in [-0.2, 0) is 4.79 Å². The van der Waals surface area contributed by atoms with E-state index in [1.807, 2.05) is 0 Å². The van der Waals surface area contributed by atoms with Crippen molar-refractivity contribution in [2.24, 2.45) is 5.92 Å². The highest BCUT2D eigenvalue weighted by atomic mass is 19.3. The molecule has 4 atom stereocenters. The van der Waals surface area contributed by atoms with Crippen molar-refractivity contribution in [1.29, 1.82) is 0 Å². The standard InChI is InChI=1S/C11H16F3NO/c1-6-5-7-3-4-8(9(6)12)15(7)10(16)11(2,13)14/h6-9H,3-5H2,1-2H3/t6-,7-,8+,9-/m0/s1. The molecule has 2 nitrogen and oxygen atoms in total. The Balaban J connectivity index is 2.21. The van der Waals surface area contributed by atoms with Crippen molar-refractivity contribution >= 4 is 5.91 Å². The number of hydrogen-bond donors (Lipinski definition) is 0. The summed E-state index contributed by atoms with van der Waals surface area (Å²) in [6.07, 6.45) is 0.499. The second-order valence-corrected chi connectivity index (χ2v) is 5.06. The van der Waals surface area contributed by atoms with Crippen molar-refractivity contribution < 1.29 is 18.0 Å². The predicted molar refractivity (Wildman–Crippen MR) is 53.0 cm³/mol. The molecule has 2 rings (SSSR count). The zero-order valence-electron chi connectivity index (χ0n) is 9.42. The zero-order valence-corrected chi connectivity index (χ0v) is 9.42. The van der Waals surface area contributed by atoms with Gasteiger partial charge in [-0.3, -0.25) is 4.79 Å². The fourth-order valence-corrected chi connectivity index (χ4v) is 2.94. The maximum atomic E-state index is 13.8. The monoisotopic (exact) mass is 235 g/mol. The summed E-state index contributed by atoms with van der Waals surface area (Å²) in [4.78, 5) is 12.6. The van der Waals surface area contributed by atoms with E-state index in [1.54, 1.807) is 6.92 Å². The molecule has 0 aromatic heterocycles. The van der Waals surface area contributed by atoms with Crippen LogP contribution in [0.4, 0.5) is 13.2 Å². The minimum atomic E-state index is -3.39. The third kappa shape index (κ3) is 1.70. The van der Waals surface area contributed by atoms with E-state index in [9.17, 15) is 18.0 Å². The lowest BCUT2D eigenvalue weighted by molar-refractivity contribution is -0.162. The molecule has 1 amide bonds. The summed E-state index contributed by atoms with van der Waals surface area (Å²) >= 11 is 0. The molecule has 0 saturated carbocycles. The molecule has 2 aliphatic rings. The molecule has 0 aliphatic carbocycles. The molecule has 0 aromatic carbocycles. The molecule has 0 unspecified atom stereocenters. The highest BCUT2D eigenvalue weighted by Crippen LogP contribution is 2.41. The molecule has 2 bridgehead atoms. The van der Waals surface area contributed by atoms with E-state index < -0.39 is 24.0 Å². The second-order valence-electron chi connectivity index (χ2n) is 5.06. The maximum absolute atomic E-state index is 13.8. The van der Waals surface area contributed by atoms with Gasteiger partial charge in [0.1, 0.15) is 6.17 Å². The normalized spacial score (nSPS) is 38.9. The van der Waals surface area contributed by atoms with E-state index in [4.69, 9.17) is 0 Å². The van der Waals surface area contributed by atoms with Crippen LogP contribution in [0.3, 0.4) is 0 Å². The summed E-state index contributed by atoms with van der Waals surface area (Å²) in [5.74, 6) is -4.73. The summed E-state index contributed by atoms with van der Waals surface area (Å²) < 4.78 is 39.8. The number of alkyl halides is 3. The first kappa shape index (κ1) is 11.7. The zero-order chi connectivity index (χ0) is 12.1. The van der Waals surface area contributed by atoms with Gasteiger partial charge in [0.25, 0.3) is 5.91 Å². The molecule has 16 heavy (non-hydrogen) atoms. The average molecular weight is 235 g/mol. The van der Waals surface area contributed by atoms with Crippen molar-refractivity contribution in [3.63, 3.8) is 0 Å². The first-order valence-corrected chi connectivity index (χ1v) is 5.67. The van der Waals surface area contributed by atoms with Crippen LogP contribution in [0.1, 0.15) is 33.1 Å². The number of halogens is 3. The molecule has 0 radical (unpaired) electrons. The van der Waals surface area contributed by atoms with Gasteiger partial charge in [0.2, 0.25) is 0 Å². The molecule has 92 valence electrons. The van der Waals surface area contributed by atoms with Crippen LogP contribution >= 0.6 is 0 Å². The van der Waals surface area contributed by atoms with Crippen LogP contribution in [0.25, 0.3) is 0 Å². The van der Waals surface area contributed by atoms with Gasteiger partial charge in [0, 0.05) is 13.0 Å². The number of carbonyl (C=O) groups excluding carboxylic acids is 1. The van der Waals surface area contributed by atoms with Gasteiger partial charge in [-0.05, 0) is 25.2 Å². The van der Waals surface area contributed by atoms with Crippen LogP contribution in [0.5, 0.6) is 0 Å². The third-order valence-electron chi connectivity index (χ3n) is 3.71. The van der Waals surface area contributed by atoms with E-state index in [2.05, 4.69) is 0 Å². The highest BCUT2D eigenvalue weighted by molar-refractivity contribution is 5.84. The van der Waals surface area contributed by atoms with Gasteiger partial charge in [-0.2, -0.15) is 8.78 Å². The van der Waals surface area contributed by atoms with Crippen molar-refractivity contribution in [3.8, 4) is 0 Å². The van der Waals surface area contributed by atoms with E-state index in [0.29, 0.717) is 26.2 Å². The minimum Gasteiger partial charge on any atom is -0.329 e. The topological polar surface area (TPSA) is 20.3 Å². The first-order valence-electron chi connectivity index (χ1n) is 5.67. The van der Waals surface area contributed by atoms with E-state index >= 15 is 0 Å². The van der Waals surface area contributed by atoms with Gasteiger partial charge in [-0.1, -0.05) is 6.92 Å². The van der Waals surface area contributed by atoms with Gasteiger partial charge >= 0.3 is 5.92 Å². The predicted octanol–water partition coefficient (Wildman–Crippen LogP) is 2.38. The van der Waals surface area contributed by atoms with Crippen LogP contribution in [0.2, 0.25) is 0 Å². The molecule has 2 fully saturated rings. The molecule has 2 aliphatic heterocycles. The molecule has 5 heteroatoms. The van der Waals surface area contributed by atoms with Gasteiger partial charge in [0.15, 0.2) is 0 Å². The Kier molecular flexibility index (Phi) is 2.67. The summed E-state index contributed by atoms with van der Waals surface area (Å²) in [7, 11) is 0. The van der Waals surface area contributed by atoms with E-state index in [-0.39, 0.29) is 12.0 Å². The van der Waals surface area contributed by atoms with Crippen LogP contribution < -0.4 is 0 Å². The van der Waals surface area contributed by atoms with Gasteiger partial charge in [-0.25, -0.2) is 4.39 Å². The molecule has 2 heterocycles. The number of nitrogens with zero attached hydrogens (tertiary/aromatic N) is 1. The molecule has 0 N–H and O–H groups in total. The lowest BCUT2D eigenvalue weighted by Crippen LogP contribution is -2.56. The Hall–Kier alpha value is -0.740. The highest BCUT2D eigenvalue weighted by Gasteiger charge is 2.52. The maximum Gasteiger partial charge on any atom is 0.322 e. The SMILES string of the molecule is C[C@H]1C[C@@H]2CC[C@H]([C@H]1F)N2C(=O)C(C)(F)F. The third-order valence-corrected chi connectivity index (χ3v) is 3.71. The summed E-state index contributed by atoms with van der Waals surface area (Å²) in [5.41, 5.74) is 0. The fourth-order valence-electron chi connectivity index (χ4n) is 2.94. The summed E-state index contributed by atoms with van der Waals surface area (Å²) in [6.45, 7) is 2.36. The van der Waals surface area contributed by atoms with Crippen LogP contribution in [0, 0.1) is 5.92 Å². The van der Waals surface area contributed by atoms with E-state index in [1.165, 1.54) is 0 Å². The Morgan fingerprint density at radius 2 is 2.00 bits per heavy atom. The second kappa shape index (κ2) is 3.64. The number of rotatable bonds is 1. The molecular formula is C11H16F3NO. The molecule has 0 aromatic rings. The van der Waals surface area contributed by atoms with Crippen molar-refractivity contribution in [3.05, 3.63) is 0 Å². The fraction of sp³-hybridized carbons (Fsp3) is 0.909. The summed E-state index contributed by atoms with van der Waals surface area (Å²) in [5, 5.41) is 0. The molecular weight excluding hydrogens is 219 g/mol. The molecule has 2 saturated heterocycles. The largest absolute Gasteiger partial charge is 0.329 e. The number of fused-ring (bicyclic) bond motifs is 2. The smallest absolute Gasteiger partial charge is 0.322 e. The lowest BCUT2D eigenvalue weighted by Gasteiger charge is -2.41. The Bertz CT molecular complexity index is 302. The van der Waals surface area contributed by atoms with E-state index in [0.717, 1.165) is 4.90 Å². The number of carbonyl (C=O) groups is 1. The Labute approximate surface area is 92.8 Å². The Morgan fingerprint density at radius 1 is 1.38 bits per heavy atom. The quantitative estimate of drug-likeness (QED) is 0.683. The Morgan fingerprint density at radius 3 is 2.56 bits per heavy atom. The minimum absolute atomic E-state index is 0.132. The van der Waals surface area contributed by atoms with Crippen molar-refractivity contribution in [2.75, 3.05) is 0 Å². The summed E-state index contributed by atoms with van der Waals surface area (Å²) in [6, 6.07) is -0.822. The number of amides is 1. The van der Waals surface area contributed by atoms with Crippen LogP contribution in [0.15, 0.2) is 0 Å². The van der Waals surface area contributed by atoms with Crippen molar-refractivity contribution in [2.45, 2.75) is 57.3 Å². The van der Waals surface area contributed by atoms with Gasteiger partial charge in [0.05, 0.1) is 6.04 Å². The molecule has 0 spiro atoms. The number of hydrogen-bond acceptors (Lipinski definition) is 1. The van der Waals surface area contributed by atoms with Gasteiger partial charge in [-0.15, -0.1) is 0 Å². The van der Waals surface area contributed by atoms with Crippen LogP contribution in [-0.4, -0.2) is 35.0 Å². The average Bonchev–Trinajstić information content (AvgIpc) is 2.50. The number of piperidine rings is 1.